The van der Waals surface area contributed by atoms with Crippen LogP contribution in [0.4, 0.5) is 9.18 Å². The van der Waals surface area contributed by atoms with E-state index >= 15 is 0 Å². The van der Waals surface area contributed by atoms with Gasteiger partial charge in [0, 0.05) is 19.2 Å². The minimum Gasteiger partial charge on any atom is -0.444 e. The summed E-state index contributed by atoms with van der Waals surface area (Å²) in [7, 11) is 1.47. The number of methoxy groups -OCH3 is 1. The fourth-order valence-corrected chi connectivity index (χ4v) is 3.91. The second-order valence-corrected chi connectivity index (χ2v) is 8.80. The number of halogens is 2. The molecule has 28 heavy (non-hydrogen) atoms. The highest BCUT2D eigenvalue weighted by atomic mass is 35.5. The fourth-order valence-electron chi connectivity index (χ4n) is 3.73. The average molecular weight is 413 g/mol. The topological polar surface area (TPSA) is 67.9 Å². The Hall–Kier alpha value is -1.86. The number of rotatable bonds is 5. The zero-order valence-corrected chi connectivity index (χ0v) is 17.3. The van der Waals surface area contributed by atoms with Crippen molar-refractivity contribution < 1.29 is 23.5 Å². The summed E-state index contributed by atoms with van der Waals surface area (Å²) in [4.78, 5) is 27.1. The summed E-state index contributed by atoms with van der Waals surface area (Å²) in [6.45, 7) is 5.93. The first-order valence-electron chi connectivity index (χ1n) is 9.35. The van der Waals surface area contributed by atoms with Crippen LogP contribution in [0.2, 0.25) is 5.02 Å². The SMILES string of the molecule is COC[C@@H](NC(=O)[C@@H]1[C@@H]2C[C@@H]2CN1C(=O)OC(C)(C)C)c1cccc(Cl)c1F. The Kier molecular flexibility index (Phi) is 5.87. The number of likely N-dealkylation sites (tertiary alicyclic amines) is 1. The van der Waals surface area contributed by atoms with Crippen molar-refractivity contribution >= 4 is 23.6 Å². The molecule has 6 nitrogen and oxygen atoms in total. The van der Waals surface area contributed by atoms with E-state index in [-0.39, 0.29) is 29.0 Å². The molecule has 1 aliphatic heterocycles. The van der Waals surface area contributed by atoms with Gasteiger partial charge in [-0.3, -0.25) is 9.69 Å². The number of nitrogens with zero attached hydrogens (tertiary/aromatic N) is 1. The fraction of sp³-hybridized carbons (Fsp3) is 0.600. The van der Waals surface area contributed by atoms with Gasteiger partial charge >= 0.3 is 6.09 Å². The Balaban J connectivity index is 1.77. The number of ether oxygens (including phenoxy) is 2. The highest BCUT2D eigenvalue weighted by Gasteiger charge is 2.57. The number of benzene rings is 1. The maximum Gasteiger partial charge on any atom is 0.410 e. The van der Waals surface area contributed by atoms with E-state index in [1.165, 1.54) is 18.1 Å². The molecule has 1 aromatic rings. The summed E-state index contributed by atoms with van der Waals surface area (Å²) in [5.41, 5.74) is -0.398. The van der Waals surface area contributed by atoms with E-state index in [1.54, 1.807) is 32.9 Å². The third kappa shape index (κ3) is 4.41. The van der Waals surface area contributed by atoms with E-state index < -0.39 is 29.6 Å². The quantitative estimate of drug-likeness (QED) is 0.803. The van der Waals surface area contributed by atoms with Crippen molar-refractivity contribution in [3.63, 3.8) is 0 Å². The van der Waals surface area contributed by atoms with Crippen LogP contribution in [0.3, 0.4) is 0 Å². The van der Waals surface area contributed by atoms with Crippen LogP contribution in [-0.4, -0.2) is 48.8 Å². The average Bonchev–Trinajstić information content (AvgIpc) is 3.25. The van der Waals surface area contributed by atoms with Crippen LogP contribution in [0.15, 0.2) is 18.2 Å². The third-order valence-corrected chi connectivity index (χ3v) is 5.35. The van der Waals surface area contributed by atoms with E-state index in [0.29, 0.717) is 12.5 Å². The van der Waals surface area contributed by atoms with Crippen LogP contribution in [-0.2, 0) is 14.3 Å². The predicted octanol–water partition coefficient (Wildman–Crippen LogP) is 3.54. The number of hydrogen-bond acceptors (Lipinski definition) is 4. The van der Waals surface area contributed by atoms with Crippen LogP contribution in [0, 0.1) is 17.7 Å². The molecular formula is C20H26ClFN2O4. The molecule has 0 spiro atoms. The number of fused-ring (bicyclic) bond motifs is 1. The predicted molar refractivity (Wildman–Crippen MR) is 102 cm³/mol. The first-order chi connectivity index (χ1) is 13.1. The lowest BCUT2D eigenvalue weighted by Gasteiger charge is -2.31. The minimum atomic E-state index is -0.713. The lowest BCUT2D eigenvalue weighted by Crippen LogP contribution is -2.50. The molecule has 2 amide bonds. The lowest BCUT2D eigenvalue weighted by atomic mass is 10.1. The van der Waals surface area contributed by atoms with Crippen molar-refractivity contribution in [1.29, 1.82) is 0 Å². The number of carbonyl (C=O) groups excluding carboxylic acids is 2. The number of nitrogens with one attached hydrogen (secondary N) is 1. The Bertz CT molecular complexity index is 767. The van der Waals surface area contributed by atoms with E-state index in [0.717, 1.165) is 6.42 Å². The second-order valence-electron chi connectivity index (χ2n) is 8.40. The maximum atomic E-state index is 14.5. The first-order valence-corrected chi connectivity index (χ1v) is 9.73. The molecule has 0 radical (unpaired) electrons. The van der Waals surface area contributed by atoms with Crippen LogP contribution >= 0.6 is 11.6 Å². The highest BCUT2D eigenvalue weighted by molar-refractivity contribution is 6.30. The maximum absolute atomic E-state index is 14.5. The smallest absolute Gasteiger partial charge is 0.410 e. The Morgan fingerprint density at radius 2 is 2.11 bits per heavy atom. The normalized spacial score (nSPS) is 24.5. The van der Waals surface area contributed by atoms with Crippen molar-refractivity contribution in [2.24, 2.45) is 11.8 Å². The largest absolute Gasteiger partial charge is 0.444 e. The highest BCUT2D eigenvalue weighted by Crippen LogP contribution is 2.50. The number of amides is 2. The number of hydrogen-bond donors (Lipinski definition) is 1. The number of piperidine rings is 1. The number of carbonyl (C=O) groups is 2. The van der Waals surface area contributed by atoms with Crippen LogP contribution in [0.25, 0.3) is 0 Å². The molecule has 4 atom stereocenters. The Morgan fingerprint density at radius 1 is 1.39 bits per heavy atom. The van der Waals surface area contributed by atoms with E-state index in [1.807, 2.05) is 0 Å². The van der Waals surface area contributed by atoms with Gasteiger partial charge in [-0.1, -0.05) is 23.7 Å². The second kappa shape index (κ2) is 7.87. The van der Waals surface area contributed by atoms with Gasteiger partial charge in [-0.2, -0.15) is 0 Å². The van der Waals surface area contributed by atoms with E-state index in [9.17, 15) is 14.0 Å². The summed E-state index contributed by atoms with van der Waals surface area (Å²) in [6, 6.07) is 3.29. The third-order valence-electron chi connectivity index (χ3n) is 5.05. The van der Waals surface area contributed by atoms with Gasteiger partial charge in [-0.05, 0) is 45.1 Å². The molecule has 1 heterocycles. The minimum absolute atomic E-state index is 0.0219. The van der Waals surface area contributed by atoms with Crippen molar-refractivity contribution in [1.82, 2.24) is 10.2 Å². The molecule has 2 fully saturated rings. The molecule has 0 aromatic heterocycles. The summed E-state index contributed by atoms with van der Waals surface area (Å²) < 4.78 is 25.1. The molecule has 0 bridgehead atoms. The zero-order chi connectivity index (χ0) is 20.6. The van der Waals surface area contributed by atoms with Gasteiger partial charge < -0.3 is 14.8 Å². The van der Waals surface area contributed by atoms with E-state index in [2.05, 4.69) is 5.32 Å². The molecule has 1 saturated heterocycles. The van der Waals surface area contributed by atoms with Crippen LogP contribution in [0.1, 0.15) is 38.8 Å². The van der Waals surface area contributed by atoms with Crippen molar-refractivity contribution in [3.05, 3.63) is 34.6 Å². The molecule has 1 N–H and O–H groups in total. The zero-order valence-electron chi connectivity index (χ0n) is 16.5. The molecule has 154 valence electrons. The van der Waals surface area contributed by atoms with Gasteiger partial charge in [0.2, 0.25) is 5.91 Å². The first kappa shape index (κ1) is 20.9. The van der Waals surface area contributed by atoms with Gasteiger partial charge in [0.05, 0.1) is 17.7 Å². The summed E-state index contributed by atoms with van der Waals surface area (Å²) in [5.74, 6) is -0.504. The van der Waals surface area contributed by atoms with Gasteiger partial charge in [0.25, 0.3) is 0 Å². The van der Waals surface area contributed by atoms with Gasteiger partial charge in [0.1, 0.15) is 17.5 Å². The molecule has 2 aliphatic rings. The summed E-state index contributed by atoms with van der Waals surface area (Å²) in [6.07, 6.45) is 0.398. The summed E-state index contributed by atoms with van der Waals surface area (Å²) >= 11 is 5.88. The molecule has 8 heteroatoms. The molecular weight excluding hydrogens is 387 g/mol. The van der Waals surface area contributed by atoms with E-state index in [4.69, 9.17) is 21.1 Å². The van der Waals surface area contributed by atoms with Gasteiger partial charge in [-0.15, -0.1) is 0 Å². The Labute approximate surface area is 169 Å². The molecule has 3 rings (SSSR count). The lowest BCUT2D eigenvalue weighted by molar-refractivity contribution is -0.127. The molecule has 0 unspecified atom stereocenters. The van der Waals surface area contributed by atoms with Gasteiger partial charge in [0.15, 0.2) is 0 Å². The summed E-state index contributed by atoms with van der Waals surface area (Å²) in [5, 5.41) is 2.82. The van der Waals surface area contributed by atoms with Crippen molar-refractivity contribution in [3.8, 4) is 0 Å². The van der Waals surface area contributed by atoms with Crippen LogP contribution < -0.4 is 5.32 Å². The van der Waals surface area contributed by atoms with Crippen molar-refractivity contribution in [2.75, 3.05) is 20.3 Å². The van der Waals surface area contributed by atoms with Gasteiger partial charge in [-0.25, -0.2) is 9.18 Å². The Morgan fingerprint density at radius 3 is 2.75 bits per heavy atom. The van der Waals surface area contributed by atoms with Crippen molar-refractivity contribution in [2.45, 2.75) is 44.9 Å². The molecule has 1 saturated carbocycles. The molecule has 1 aliphatic carbocycles. The standard InChI is InChI=1S/C20H26ClFN2O4/c1-20(2,3)28-19(26)24-9-11-8-13(11)17(24)18(25)23-15(10-27-4)12-6-5-7-14(21)16(12)22/h5-7,11,13,15,17H,8-10H2,1-4H3,(H,23,25)/t11-,13-,15-,17+/m1/s1. The monoisotopic (exact) mass is 412 g/mol. The molecule has 1 aromatic carbocycles. The van der Waals surface area contributed by atoms with Crippen LogP contribution in [0.5, 0.6) is 0 Å².